The molecule has 1 aromatic carbocycles. The zero-order valence-corrected chi connectivity index (χ0v) is 12.7. The molecule has 122 valence electrons. The van der Waals surface area contributed by atoms with Gasteiger partial charge in [0.1, 0.15) is 0 Å². The molecule has 0 amide bonds. The fourth-order valence-corrected chi connectivity index (χ4v) is 2.68. The number of hydrogen-bond acceptors (Lipinski definition) is 5. The molecule has 0 aromatic heterocycles. The molecule has 1 aromatic rings. The fourth-order valence-electron chi connectivity index (χ4n) is 1.98. The lowest BCUT2D eigenvalue weighted by Crippen LogP contribution is -2.40. The van der Waals surface area contributed by atoms with Crippen molar-refractivity contribution in [2.24, 2.45) is 4.99 Å². The average Bonchev–Trinajstić information content (AvgIpc) is 2.44. The molecular weight excluding hydrogens is 319 g/mol. The molecule has 0 saturated heterocycles. The van der Waals surface area contributed by atoms with Gasteiger partial charge in [-0.05, 0) is 30.2 Å². The van der Waals surface area contributed by atoms with Crippen molar-refractivity contribution in [1.82, 2.24) is 10.6 Å². The van der Waals surface area contributed by atoms with Crippen LogP contribution in [0.2, 0.25) is 0 Å². The summed E-state index contributed by atoms with van der Waals surface area (Å²) in [6.45, 7) is 1.44. The minimum Gasteiger partial charge on any atom is -0.356 e. The van der Waals surface area contributed by atoms with Crippen LogP contribution < -0.4 is 10.6 Å². The molecule has 22 heavy (non-hydrogen) atoms. The SMILES string of the molecule is CS(=O)(=O)c1cc(CNC2=NCCCN2)cc(C(F)(F)F)c1. The molecule has 5 nitrogen and oxygen atoms in total. The molecule has 0 atom stereocenters. The van der Waals surface area contributed by atoms with Crippen LogP contribution in [0.1, 0.15) is 17.5 Å². The summed E-state index contributed by atoms with van der Waals surface area (Å²) in [6, 6.07) is 2.82. The number of nitrogens with zero attached hydrogens (tertiary/aromatic N) is 1. The molecule has 2 rings (SSSR count). The number of alkyl halides is 3. The zero-order valence-electron chi connectivity index (χ0n) is 11.9. The summed E-state index contributed by atoms with van der Waals surface area (Å²) in [5, 5.41) is 5.85. The number of guanidine groups is 1. The molecular formula is C13H16F3N3O2S. The van der Waals surface area contributed by atoms with Crippen LogP contribution in [-0.4, -0.2) is 33.7 Å². The Kier molecular flexibility index (Phi) is 4.64. The van der Waals surface area contributed by atoms with E-state index in [1.54, 1.807) is 0 Å². The van der Waals surface area contributed by atoms with Crippen molar-refractivity contribution in [1.29, 1.82) is 0 Å². The number of sulfone groups is 1. The van der Waals surface area contributed by atoms with E-state index in [2.05, 4.69) is 15.6 Å². The Morgan fingerprint density at radius 2 is 2.05 bits per heavy atom. The Morgan fingerprint density at radius 3 is 2.59 bits per heavy atom. The van der Waals surface area contributed by atoms with Gasteiger partial charge in [-0.15, -0.1) is 0 Å². The maximum Gasteiger partial charge on any atom is 0.416 e. The summed E-state index contributed by atoms with van der Waals surface area (Å²) in [6.07, 6.45) is -2.82. The number of nitrogens with one attached hydrogen (secondary N) is 2. The first-order chi connectivity index (χ1) is 10.2. The van der Waals surface area contributed by atoms with E-state index in [1.807, 2.05) is 0 Å². The third-order valence-corrected chi connectivity index (χ3v) is 4.17. The third-order valence-electron chi connectivity index (χ3n) is 3.08. The predicted octanol–water partition coefficient (Wildman–Crippen LogP) is 1.55. The van der Waals surface area contributed by atoms with Gasteiger partial charge in [-0.1, -0.05) is 0 Å². The van der Waals surface area contributed by atoms with Crippen molar-refractivity contribution >= 4 is 15.8 Å². The molecule has 0 saturated carbocycles. The lowest BCUT2D eigenvalue weighted by atomic mass is 10.1. The molecule has 1 aliphatic rings. The minimum atomic E-state index is -4.60. The van der Waals surface area contributed by atoms with Crippen molar-refractivity contribution in [2.45, 2.75) is 24.0 Å². The molecule has 0 unspecified atom stereocenters. The second-order valence-electron chi connectivity index (χ2n) is 5.00. The van der Waals surface area contributed by atoms with Gasteiger partial charge in [0.05, 0.1) is 10.5 Å². The van der Waals surface area contributed by atoms with Crippen molar-refractivity contribution in [2.75, 3.05) is 19.3 Å². The maximum atomic E-state index is 12.9. The Hall–Kier alpha value is -1.77. The fraction of sp³-hybridized carbons (Fsp3) is 0.462. The van der Waals surface area contributed by atoms with Gasteiger partial charge in [0.25, 0.3) is 0 Å². The monoisotopic (exact) mass is 335 g/mol. The maximum absolute atomic E-state index is 12.9. The molecule has 1 heterocycles. The van der Waals surface area contributed by atoms with Crippen molar-refractivity contribution in [3.63, 3.8) is 0 Å². The van der Waals surface area contributed by atoms with Crippen LogP contribution in [0.15, 0.2) is 28.1 Å². The summed E-state index contributed by atoms with van der Waals surface area (Å²) in [5.74, 6) is 0.504. The van der Waals surface area contributed by atoms with Gasteiger partial charge >= 0.3 is 6.18 Å². The van der Waals surface area contributed by atoms with Crippen LogP contribution in [0.4, 0.5) is 13.2 Å². The first-order valence-corrected chi connectivity index (χ1v) is 8.49. The van der Waals surface area contributed by atoms with Crippen molar-refractivity contribution in [3.05, 3.63) is 29.3 Å². The molecule has 2 N–H and O–H groups in total. The van der Waals surface area contributed by atoms with Gasteiger partial charge in [-0.2, -0.15) is 13.2 Å². The van der Waals surface area contributed by atoms with E-state index in [4.69, 9.17) is 0 Å². The topological polar surface area (TPSA) is 70.6 Å². The molecule has 9 heteroatoms. The molecule has 0 spiro atoms. The van der Waals surface area contributed by atoms with Crippen LogP contribution in [-0.2, 0) is 22.6 Å². The Labute approximate surface area is 126 Å². The van der Waals surface area contributed by atoms with E-state index < -0.39 is 21.6 Å². The highest BCUT2D eigenvalue weighted by molar-refractivity contribution is 7.90. The zero-order chi connectivity index (χ0) is 16.4. The second-order valence-corrected chi connectivity index (χ2v) is 7.02. The highest BCUT2D eigenvalue weighted by Crippen LogP contribution is 2.31. The number of benzene rings is 1. The van der Waals surface area contributed by atoms with E-state index in [0.29, 0.717) is 18.6 Å². The van der Waals surface area contributed by atoms with E-state index in [1.165, 1.54) is 6.07 Å². The standard InChI is InChI=1S/C13H16F3N3O2S/c1-22(20,21)11-6-9(5-10(7-11)13(14,15)16)8-19-12-17-3-2-4-18-12/h5-7H,2-4,8H2,1H3,(H2,17,18,19). The first kappa shape index (κ1) is 16.6. The highest BCUT2D eigenvalue weighted by Gasteiger charge is 2.32. The first-order valence-electron chi connectivity index (χ1n) is 6.60. The lowest BCUT2D eigenvalue weighted by molar-refractivity contribution is -0.137. The average molecular weight is 335 g/mol. The summed E-state index contributed by atoms with van der Waals surface area (Å²) in [7, 11) is -3.72. The van der Waals surface area contributed by atoms with Gasteiger partial charge in [0.15, 0.2) is 15.8 Å². The van der Waals surface area contributed by atoms with Gasteiger partial charge in [-0.25, -0.2) is 8.42 Å². The molecule has 1 aliphatic heterocycles. The third kappa shape index (κ3) is 4.36. The summed E-state index contributed by atoms with van der Waals surface area (Å²) >= 11 is 0. The normalized spacial score (nSPS) is 15.9. The van der Waals surface area contributed by atoms with Gasteiger partial charge in [-0.3, -0.25) is 4.99 Å². The number of aliphatic imine (C=N–C) groups is 1. The van der Waals surface area contributed by atoms with Crippen molar-refractivity contribution < 1.29 is 21.6 Å². The van der Waals surface area contributed by atoms with E-state index in [0.717, 1.165) is 25.3 Å². The Bertz CT molecular complexity index is 684. The molecule has 0 aliphatic carbocycles. The molecule has 0 fully saturated rings. The summed E-state index contributed by atoms with van der Waals surface area (Å²) < 4.78 is 61.7. The summed E-state index contributed by atoms with van der Waals surface area (Å²) in [4.78, 5) is 3.79. The molecule has 0 radical (unpaired) electrons. The highest BCUT2D eigenvalue weighted by atomic mass is 32.2. The van der Waals surface area contributed by atoms with E-state index >= 15 is 0 Å². The van der Waals surface area contributed by atoms with Crippen LogP contribution in [0.3, 0.4) is 0 Å². The van der Waals surface area contributed by atoms with E-state index in [-0.39, 0.29) is 17.0 Å². The Morgan fingerprint density at radius 1 is 1.32 bits per heavy atom. The largest absolute Gasteiger partial charge is 0.416 e. The number of rotatable bonds is 3. The van der Waals surface area contributed by atoms with Crippen LogP contribution in [0.25, 0.3) is 0 Å². The smallest absolute Gasteiger partial charge is 0.356 e. The predicted molar refractivity (Wildman–Crippen MR) is 76.3 cm³/mol. The van der Waals surface area contributed by atoms with Crippen LogP contribution in [0, 0.1) is 0 Å². The Balaban J connectivity index is 2.28. The van der Waals surface area contributed by atoms with E-state index in [9.17, 15) is 21.6 Å². The van der Waals surface area contributed by atoms with Gasteiger partial charge < -0.3 is 10.6 Å². The number of hydrogen-bond donors (Lipinski definition) is 2. The summed E-state index contributed by atoms with van der Waals surface area (Å²) in [5.41, 5.74) is -0.754. The quantitative estimate of drug-likeness (QED) is 0.879. The molecule has 0 bridgehead atoms. The van der Waals surface area contributed by atoms with Crippen LogP contribution in [0.5, 0.6) is 0 Å². The number of halogens is 3. The lowest BCUT2D eigenvalue weighted by Gasteiger charge is -2.17. The second kappa shape index (κ2) is 6.15. The van der Waals surface area contributed by atoms with Crippen LogP contribution >= 0.6 is 0 Å². The van der Waals surface area contributed by atoms with Crippen molar-refractivity contribution in [3.8, 4) is 0 Å². The van der Waals surface area contributed by atoms with Gasteiger partial charge in [0, 0.05) is 25.9 Å². The minimum absolute atomic E-state index is 0.0538. The van der Waals surface area contributed by atoms with Gasteiger partial charge in [0.2, 0.25) is 0 Å².